The lowest BCUT2D eigenvalue weighted by Gasteiger charge is -2.29. The number of methoxy groups -OCH3 is 1. The monoisotopic (exact) mass is 248 g/mol. The van der Waals surface area contributed by atoms with Crippen molar-refractivity contribution in [3.05, 3.63) is 35.4 Å². The van der Waals surface area contributed by atoms with Crippen LogP contribution in [0.5, 0.6) is 0 Å². The van der Waals surface area contributed by atoms with Crippen LogP contribution in [0.15, 0.2) is 24.3 Å². The molecule has 18 heavy (non-hydrogen) atoms. The highest BCUT2D eigenvalue weighted by Crippen LogP contribution is 2.28. The number of piperidine rings is 1. The van der Waals surface area contributed by atoms with Gasteiger partial charge in [-0.2, -0.15) is 0 Å². The molecule has 1 aromatic carbocycles. The van der Waals surface area contributed by atoms with Crippen molar-refractivity contribution in [3.8, 4) is 0 Å². The average Bonchev–Trinajstić information content (AvgIpc) is 2.46. The lowest BCUT2D eigenvalue weighted by atomic mass is 9.88. The van der Waals surface area contributed by atoms with E-state index in [2.05, 4.69) is 17.4 Å². The molecule has 3 N–H and O–H groups in total. The minimum Gasteiger partial charge on any atom is -0.469 e. The van der Waals surface area contributed by atoms with Gasteiger partial charge < -0.3 is 15.8 Å². The first-order valence-corrected chi connectivity index (χ1v) is 6.34. The van der Waals surface area contributed by atoms with Crippen LogP contribution in [-0.2, 0) is 16.1 Å². The van der Waals surface area contributed by atoms with Crippen molar-refractivity contribution in [2.45, 2.75) is 25.4 Å². The summed E-state index contributed by atoms with van der Waals surface area (Å²) in [4.78, 5) is 11.6. The Morgan fingerprint density at radius 3 is 3.11 bits per heavy atom. The Hall–Kier alpha value is -1.39. The molecule has 0 spiro atoms. The van der Waals surface area contributed by atoms with Gasteiger partial charge >= 0.3 is 5.97 Å². The standard InChI is InChI=1S/C14H20N2O2/c1-18-14(17)12-5-6-16-13(8-12)11-4-2-3-10(7-11)9-15/h2-4,7,12-13,16H,5-6,8-9,15H2,1H3. The van der Waals surface area contributed by atoms with E-state index in [0.29, 0.717) is 6.54 Å². The second kappa shape index (κ2) is 5.98. The molecule has 1 heterocycles. The molecule has 4 nitrogen and oxygen atoms in total. The molecule has 0 amide bonds. The highest BCUT2D eigenvalue weighted by Gasteiger charge is 2.28. The number of rotatable bonds is 3. The first-order valence-electron chi connectivity index (χ1n) is 6.34. The summed E-state index contributed by atoms with van der Waals surface area (Å²) in [7, 11) is 1.45. The summed E-state index contributed by atoms with van der Waals surface area (Å²) >= 11 is 0. The van der Waals surface area contributed by atoms with E-state index in [1.54, 1.807) is 0 Å². The predicted octanol–water partition coefficient (Wildman–Crippen LogP) is 1.36. The molecule has 1 aromatic rings. The summed E-state index contributed by atoms with van der Waals surface area (Å²) in [5.74, 6) is -0.0979. The summed E-state index contributed by atoms with van der Waals surface area (Å²) < 4.78 is 4.83. The second-order valence-electron chi connectivity index (χ2n) is 4.70. The van der Waals surface area contributed by atoms with Crippen molar-refractivity contribution >= 4 is 5.97 Å². The zero-order chi connectivity index (χ0) is 13.0. The molecular formula is C14H20N2O2. The third-order valence-electron chi connectivity index (χ3n) is 3.53. The van der Waals surface area contributed by atoms with Gasteiger partial charge in [-0.1, -0.05) is 24.3 Å². The van der Waals surface area contributed by atoms with Crippen molar-refractivity contribution in [3.63, 3.8) is 0 Å². The highest BCUT2D eigenvalue weighted by molar-refractivity contribution is 5.72. The Morgan fingerprint density at radius 2 is 2.39 bits per heavy atom. The molecule has 4 heteroatoms. The third-order valence-corrected chi connectivity index (χ3v) is 3.53. The Kier molecular flexibility index (Phi) is 4.33. The predicted molar refractivity (Wildman–Crippen MR) is 69.8 cm³/mol. The number of hydrogen-bond donors (Lipinski definition) is 2. The quantitative estimate of drug-likeness (QED) is 0.793. The number of ether oxygens (including phenoxy) is 1. The fourth-order valence-electron chi connectivity index (χ4n) is 2.49. The minimum absolute atomic E-state index is 0.00258. The molecule has 2 rings (SSSR count). The maximum absolute atomic E-state index is 11.6. The van der Waals surface area contributed by atoms with E-state index in [9.17, 15) is 4.79 Å². The van der Waals surface area contributed by atoms with Gasteiger partial charge in [0.05, 0.1) is 13.0 Å². The Balaban J connectivity index is 2.10. The van der Waals surface area contributed by atoms with Crippen molar-refractivity contribution in [2.24, 2.45) is 11.7 Å². The summed E-state index contributed by atoms with van der Waals surface area (Å²) in [5, 5.41) is 3.45. The molecular weight excluding hydrogens is 228 g/mol. The Bertz CT molecular complexity index is 420. The van der Waals surface area contributed by atoms with Crippen molar-refractivity contribution in [1.82, 2.24) is 5.32 Å². The molecule has 0 aromatic heterocycles. The van der Waals surface area contributed by atoms with Crippen LogP contribution in [0.3, 0.4) is 0 Å². The largest absolute Gasteiger partial charge is 0.469 e. The fraction of sp³-hybridized carbons (Fsp3) is 0.500. The normalized spacial score (nSPS) is 23.7. The molecule has 98 valence electrons. The van der Waals surface area contributed by atoms with Gasteiger partial charge in [-0.3, -0.25) is 4.79 Å². The van der Waals surface area contributed by atoms with Crippen LogP contribution in [0.4, 0.5) is 0 Å². The van der Waals surface area contributed by atoms with Crippen LogP contribution in [-0.4, -0.2) is 19.6 Å². The molecule has 1 saturated heterocycles. The highest BCUT2D eigenvalue weighted by atomic mass is 16.5. The lowest BCUT2D eigenvalue weighted by molar-refractivity contribution is -0.146. The van der Waals surface area contributed by atoms with Crippen LogP contribution in [0.1, 0.15) is 30.0 Å². The van der Waals surface area contributed by atoms with Crippen molar-refractivity contribution < 1.29 is 9.53 Å². The first-order chi connectivity index (χ1) is 8.74. The summed E-state index contributed by atoms with van der Waals surface area (Å²) in [6.45, 7) is 1.39. The van der Waals surface area contributed by atoms with E-state index in [-0.39, 0.29) is 17.9 Å². The van der Waals surface area contributed by atoms with Gasteiger partial charge in [-0.05, 0) is 30.5 Å². The second-order valence-corrected chi connectivity index (χ2v) is 4.70. The number of nitrogens with one attached hydrogen (secondary N) is 1. The molecule has 0 radical (unpaired) electrons. The van der Waals surface area contributed by atoms with Crippen molar-refractivity contribution in [1.29, 1.82) is 0 Å². The van der Waals surface area contributed by atoms with Crippen LogP contribution >= 0.6 is 0 Å². The smallest absolute Gasteiger partial charge is 0.308 e. The van der Waals surface area contributed by atoms with Crippen LogP contribution in [0.2, 0.25) is 0 Å². The zero-order valence-corrected chi connectivity index (χ0v) is 10.7. The SMILES string of the molecule is COC(=O)C1CCNC(c2cccc(CN)c2)C1. The molecule has 0 aliphatic carbocycles. The minimum atomic E-state index is -0.100. The number of hydrogen-bond acceptors (Lipinski definition) is 4. The van der Waals surface area contributed by atoms with E-state index >= 15 is 0 Å². The average molecular weight is 248 g/mol. The maximum Gasteiger partial charge on any atom is 0.308 e. The molecule has 1 fully saturated rings. The molecule has 0 bridgehead atoms. The number of nitrogens with two attached hydrogens (primary N) is 1. The molecule has 2 unspecified atom stereocenters. The van der Waals surface area contributed by atoms with E-state index < -0.39 is 0 Å². The number of carbonyl (C=O) groups is 1. The zero-order valence-electron chi connectivity index (χ0n) is 10.7. The third kappa shape index (κ3) is 2.89. The van der Waals surface area contributed by atoms with E-state index in [1.165, 1.54) is 12.7 Å². The van der Waals surface area contributed by atoms with E-state index in [0.717, 1.165) is 24.9 Å². The van der Waals surface area contributed by atoms with E-state index in [1.807, 2.05) is 12.1 Å². The Labute approximate surface area is 108 Å². The topological polar surface area (TPSA) is 64.3 Å². The number of benzene rings is 1. The van der Waals surface area contributed by atoms with Gasteiger partial charge in [0.25, 0.3) is 0 Å². The summed E-state index contributed by atoms with van der Waals surface area (Å²) in [5.41, 5.74) is 7.97. The maximum atomic E-state index is 11.6. The summed E-state index contributed by atoms with van der Waals surface area (Å²) in [6, 6.07) is 8.44. The molecule has 1 aliphatic heterocycles. The molecule has 0 saturated carbocycles. The van der Waals surface area contributed by atoms with Crippen LogP contribution in [0, 0.1) is 5.92 Å². The fourth-order valence-corrected chi connectivity index (χ4v) is 2.49. The number of esters is 1. The van der Waals surface area contributed by atoms with Crippen LogP contribution in [0.25, 0.3) is 0 Å². The van der Waals surface area contributed by atoms with E-state index in [4.69, 9.17) is 10.5 Å². The van der Waals surface area contributed by atoms with Crippen molar-refractivity contribution in [2.75, 3.05) is 13.7 Å². The van der Waals surface area contributed by atoms with Gasteiger partial charge in [-0.15, -0.1) is 0 Å². The Morgan fingerprint density at radius 1 is 1.56 bits per heavy atom. The summed E-state index contributed by atoms with van der Waals surface area (Å²) in [6.07, 6.45) is 1.64. The lowest BCUT2D eigenvalue weighted by Crippen LogP contribution is -2.35. The molecule has 2 atom stereocenters. The van der Waals surface area contributed by atoms with Gasteiger partial charge in [0.2, 0.25) is 0 Å². The number of carbonyl (C=O) groups excluding carboxylic acids is 1. The van der Waals surface area contributed by atoms with Gasteiger partial charge in [0.15, 0.2) is 0 Å². The van der Waals surface area contributed by atoms with Gasteiger partial charge in [-0.25, -0.2) is 0 Å². The van der Waals surface area contributed by atoms with Gasteiger partial charge in [0.1, 0.15) is 0 Å². The molecule has 1 aliphatic rings. The first kappa shape index (κ1) is 13.1. The van der Waals surface area contributed by atoms with Crippen LogP contribution < -0.4 is 11.1 Å². The van der Waals surface area contributed by atoms with Gasteiger partial charge in [0, 0.05) is 12.6 Å².